The van der Waals surface area contributed by atoms with Crippen molar-refractivity contribution in [1.82, 2.24) is 14.7 Å². The molecule has 0 spiro atoms. The van der Waals surface area contributed by atoms with Crippen LogP contribution in [0, 0.1) is 6.92 Å². The maximum atomic E-state index is 12.6. The van der Waals surface area contributed by atoms with Crippen molar-refractivity contribution in [3.05, 3.63) is 51.8 Å². The fourth-order valence-corrected chi connectivity index (χ4v) is 2.37. The molecule has 0 aliphatic heterocycles. The van der Waals surface area contributed by atoms with Gasteiger partial charge in [0.25, 0.3) is 0 Å². The minimum Gasteiger partial charge on any atom is -0.308 e. The highest BCUT2D eigenvalue weighted by Crippen LogP contribution is 2.20. The van der Waals surface area contributed by atoms with E-state index in [2.05, 4.69) is 25.9 Å². The van der Waals surface area contributed by atoms with Crippen LogP contribution in [-0.4, -0.2) is 41.1 Å². The molecule has 20 heavy (non-hydrogen) atoms. The summed E-state index contributed by atoms with van der Waals surface area (Å²) in [5.41, 5.74) is 2.43. The van der Waals surface area contributed by atoms with Gasteiger partial charge in [0, 0.05) is 12.1 Å². The van der Waals surface area contributed by atoms with E-state index < -0.39 is 0 Å². The molecule has 0 N–H and O–H groups in total. The number of aromatic nitrogens is 2. The van der Waals surface area contributed by atoms with Crippen molar-refractivity contribution < 1.29 is 4.79 Å². The second-order valence-corrected chi connectivity index (χ2v) is 5.92. The molecule has 106 valence electrons. The Morgan fingerprint density at radius 2 is 1.95 bits per heavy atom. The summed E-state index contributed by atoms with van der Waals surface area (Å²) >= 11 is 3.42. The highest BCUT2D eigenvalue weighted by Gasteiger charge is 2.18. The molecule has 0 unspecified atom stereocenters. The van der Waals surface area contributed by atoms with Gasteiger partial charge in [0.1, 0.15) is 5.69 Å². The van der Waals surface area contributed by atoms with E-state index in [9.17, 15) is 4.79 Å². The van der Waals surface area contributed by atoms with Gasteiger partial charge in [-0.2, -0.15) is 5.10 Å². The number of carbonyl (C=O) groups excluding carboxylic acids is 1. The van der Waals surface area contributed by atoms with Gasteiger partial charge in [0.15, 0.2) is 0 Å². The van der Waals surface area contributed by atoms with Crippen LogP contribution in [0.4, 0.5) is 0 Å². The summed E-state index contributed by atoms with van der Waals surface area (Å²) in [5.74, 6) is -0.00636. The molecule has 2 aromatic rings. The van der Waals surface area contributed by atoms with E-state index in [1.54, 1.807) is 10.9 Å². The fraction of sp³-hybridized carbons (Fsp3) is 0.333. The molecule has 0 saturated carbocycles. The number of rotatable bonds is 5. The molecule has 0 aliphatic rings. The average molecular weight is 336 g/mol. The first-order valence-corrected chi connectivity index (χ1v) is 7.25. The van der Waals surface area contributed by atoms with Gasteiger partial charge >= 0.3 is 0 Å². The third-order valence-electron chi connectivity index (χ3n) is 3.08. The van der Waals surface area contributed by atoms with E-state index in [1.165, 1.54) is 0 Å². The first kappa shape index (κ1) is 14.9. The molecule has 0 atom stereocenters. The second kappa shape index (κ2) is 6.33. The average Bonchev–Trinajstić information content (AvgIpc) is 2.77. The molecule has 0 aliphatic carbocycles. The molecule has 1 heterocycles. The zero-order valence-electron chi connectivity index (χ0n) is 11.9. The van der Waals surface area contributed by atoms with E-state index in [0.29, 0.717) is 17.8 Å². The minimum atomic E-state index is -0.00636. The molecule has 1 aromatic carbocycles. The maximum Gasteiger partial charge on any atom is 0.212 e. The highest BCUT2D eigenvalue weighted by molar-refractivity contribution is 9.10. The van der Waals surface area contributed by atoms with Crippen molar-refractivity contribution in [2.24, 2.45) is 0 Å². The topological polar surface area (TPSA) is 38.1 Å². The van der Waals surface area contributed by atoms with Crippen LogP contribution >= 0.6 is 15.9 Å². The Labute approximate surface area is 127 Å². The Morgan fingerprint density at radius 1 is 1.30 bits per heavy atom. The summed E-state index contributed by atoms with van der Waals surface area (Å²) < 4.78 is 2.49. The number of hydrogen-bond acceptors (Lipinski definition) is 3. The standard InChI is InChI=1S/C15H18BrN3O/c1-11-4-6-12(7-5-11)15(20)14-13(16)10-17-19(14)9-8-18(2)3/h4-7,10H,8-9H2,1-3H3. The largest absolute Gasteiger partial charge is 0.308 e. The zero-order chi connectivity index (χ0) is 14.7. The Kier molecular flexibility index (Phi) is 4.73. The van der Waals surface area contributed by atoms with Gasteiger partial charge in [-0.25, -0.2) is 0 Å². The first-order valence-electron chi connectivity index (χ1n) is 6.46. The van der Waals surface area contributed by atoms with Crippen molar-refractivity contribution in [2.45, 2.75) is 13.5 Å². The predicted octanol–water partition coefficient (Wildman–Crippen LogP) is 2.75. The Bertz CT molecular complexity index is 602. The van der Waals surface area contributed by atoms with Gasteiger partial charge in [-0.3, -0.25) is 9.48 Å². The summed E-state index contributed by atoms with van der Waals surface area (Å²) in [7, 11) is 4.00. The number of aryl methyl sites for hydroxylation is 1. The van der Waals surface area contributed by atoms with Gasteiger partial charge in [-0.1, -0.05) is 29.8 Å². The summed E-state index contributed by atoms with van der Waals surface area (Å²) in [5, 5.41) is 4.27. The van der Waals surface area contributed by atoms with Crippen molar-refractivity contribution in [3.8, 4) is 0 Å². The highest BCUT2D eigenvalue weighted by atomic mass is 79.9. The van der Waals surface area contributed by atoms with E-state index in [-0.39, 0.29) is 5.78 Å². The lowest BCUT2D eigenvalue weighted by atomic mass is 10.1. The van der Waals surface area contributed by atoms with Crippen molar-refractivity contribution in [3.63, 3.8) is 0 Å². The van der Waals surface area contributed by atoms with Crippen molar-refractivity contribution in [2.75, 3.05) is 20.6 Å². The van der Waals surface area contributed by atoms with E-state index in [0.717, 1.165) is 16.6 Å². The number of halogens is 1. The van der Waals surface area contributed by atoms with Crippen LogP contribution in [0.1, 0.15) is 21.6 Å². The Balaban J connectivity index is 2.29. The molecule has 0 fully saturated rings. The van der Waals surface area contributed by atoms with Crippen LogP contribution in [0.25, 0.3) is 0 Å². The summed E-state index contributed by atoms with van der Waals surface area (Å²) in [4.78, 5) is 14.7. The lowest BCUT2D eigenvalue weighted by molar-refractivity contribution is 0.102. The SMILES string of the molecule is Cc1ccc(C(=O)c2c(Br)cnn2CCN(C)C)cc1. The summed E-state index contributed by atoms with van der Waals surface area (Å²) in [6.45, 7) is 3.53. The van der Waals surface area contributed by atoms with Gasteiger partial charge < -0.3 is 4.90 Å². The minimum absolute atomic E-state index is 0.00636. The zero-order valence-corrected chi connectivity index (χ0v) is 13.5. The number of likely N-dealkylation sites (N-methyl/N-ethyl adjacent to an activating group) is 1. The van der Waals surface area contributed by atoms with Gasteiger partial charge in [0.2, 0.25) is 5.78 Å². The molecule has 1 aromatic heterocycles. The van der Waals surface area contributed by atoms with Gasteiger partial charge in [-0.15, -0.1) is 0 Å². The van der Waals surface area contributed by atoms with Gasteiger partial charge in [0.05, 0.1) is 17.2 Å². The van der Waals surface area contributed by atoms with E-state index in [4.69, 9.17) is 0 Å². The molecular formula is C15H18BrN3O. The molecule has 5 heteroatoms. The monoisotopic (exact) mass is 335 g/mol. The lowest BCUT2D eigenvalue weighted by Gasteiger charge is -2.12. The number of carbonyl (C=O) groups is 1. The van der Waals surface area contributed by atoms with Crippen LogP contribution in [0.5, 0.6) is 0 Å². The van der Waals surface area contributed by atoms with Crippen LogP contribution in [0.15, 0.2) is 34.9 Å². The molecule has 0 amide bonds. The van der Waals surface area contributed by atoms with Crippen LogP contribution in [0.3, 0.4) is 0 Å². The molecule has 0 saturated heterocycles. The van der Waals surface area contributed by atoms with Crippen molar-refractivity contribution >= 4 is 21.7 Å². The number of ketones is 1. The van der Waals surface area contributed by atoms with Crippen LogP contribution in [-0.2, 0) is 6.54 Å². The number of nitrogens with zero attached hydrogens (tertiary/aromatic N) is 3. The van der Waals surface area contributed by atoms with Crippen LogP contribution in [0.2, 0.25) is 0 Å². The smallest absolute Gasteiger partial charge is 0.212 e. The third kappa shape index (κ3) is 3.35. The Hall–Kier alpha value is -1.46. The van der Waals surface area contributed by atoms with Crippen LogP contribution < -0.4 is 0 Å². The molecule has 2 rings (SSSR count). The van der Waals surface area contributed by atoms with Crippen molar-refractivity contribution in [1.29, 1.82) is 0 Å². The van der Waals surface area contributed by atoms with E-state index >= 15 is 0 Å². The number of benzene rings is 1. The fourth-order valence-electron chi connectivity index (χ4n) is 1.89. The maximum absolute atomic E-state index is 12.6. The Morgan fingerprint density at radius 3 is 2.55 bits per heavy atom. The summed E-state index contributed by atoms with van der Waals surface area (Å²) in [6, 6.07) is 7.60. The molecular weight excluding hydrogens is 318 g/mol. The third-order valence-corrected chi connectivity index (χ3v) is 3.66. The molecule has 4 nitrogen and oxygen atoms in total. The van der Waals surface area contributed by atoms with Gasteiger partial charge in [-0.05, 0) is 36.9 Å². The molecule has 0 bridgehead atoms. The lowest BCUT2D eigenvalue weighted by Crippen LogP contribution is -2.21. The first-order chi connectivity index (χ1) is 9.49. The summed E-state index contributed by atoms with van der Waals surface area (Å²) in [6.07, 6.45) is 1.68. The normalized spacial score (nSPS) is 11.1. The van der Waals surface area contributed by atoms with E-state index in [1.807, 2.05) is 45.3 Å². The molecule has 0 radical (unpaired) electrons. The quantitative estimate of drug-likeness (QED) is 0.788. The second-order valence-electron chi connectivity index (χ2n) is 5.06. The predicted molar refractivity (Wildman–Crippen MR) is 83.1 cm³/mol. The number of hydrogen-bond donors (Lipinski definition) is 0.